The number of fused-ring (bicyclic) bond motifs is 1. The molecule has 0 radical (unpaired) electrons. The number of hydrogen-bond donors (Lipinski definition) is 1. The van der Waals surface area contributed by atoms with Crippen LogP contribution in [0.4, 0.5) is 23.7 Å². The zero-order valence-electron chi connectivity index (χ0n) is 15.4. The number of para-hydroxylation sites is 1. The second kappa shape index (κ2) is 6.90. The van der Waals surface area contributed by atoms with E-state index in [1.807, 2.05) is 0 Å². The average Bonchev–Trinajstić information content (AvgIpc) is 3.01. The molecule has 1 amide bonds. The molecule has 146 valence electrons. The van der Waals surface area contributed by atoms with Crippen molar-refractivity contribution in [3.8, 4) is 0 Å². The minimum Gasteiger partial charge on any atom is -0.444 e. The van der Waals surface area contributed by atoms with Gasteiger partial charge >= 0.3 is 12.3 Å². The van der Waals surface area contributed by atoms with Crippen molar-refractivity contribution in [1.29, 1.82) is 0 Å². The molecule has 0 bridgehead atoms. The molecule has 1 unspecified atom stereocenters. The molecule has 27 heavy (non-hydrogen) atoms. The molecule has 8 heteroatoms. The van der Waals surface area contributed by atoms with Gasteiger partial charge in [-0.05, 0) is 39.3 Å². The van der Waals surface area contributed by atoms with Gasteiger partial charge in [-0.1, -0.05) is 12.1 Å². The van der Waals surface area contributed by atoms with Crippen LogP contribution in [0, 0.1) is 0 Å². The molecule has 1 fully saturated rings. The van der Waals surface area contributed by atoms with E-state index in [2.05, 4.69) is 10.3 Å². The second-order valence-electron chi connectivity index (χ2n) is 7.61. The van der Waals surface area contributed by atoms with Crippen molar-refractivity contribution in [2.45, 2.75) is 45.0 Å². The van der Waals surface area contributed by atoms with Crippen LogP contribution in [-0.2, 0) is 10.9 Å². The summed E-state index contributed by atoms with van der Waals surface area (Å²) >= 11 is 0. The highest BCUT2D eigenvalue weighted by Crippen LogP contribution is 2.36. The van der Waals surface area contributed by atoms with Gasteiger partial charge < -0.3 is 15.0 Å². The summed E-state index contributed by atoms with van der Waals surface area (Å²) in [7, 11) is 0. The van der Waals surface area contributed by atoms with Crippen LogP contribution in [0.2, 0.25) is 0 Å². The second-order valence-corrected chi connectivity index (χ2v) is 7.61. The van der Waals surface area contributed by atoms with Crippen LogP contribution in [0.15, 0.2) is 30.5 Å². The van der Waals surface area contributed by atoms with Crippen molar-refractivity contribution in [3.05, 3.63) is 36.0 Å². The molecular formula is C19H22F3N3O2. The topological polar surface area (TPSA) is 54.5 Å². The van der Waals surface area contributed by atoms with Gasteiger partial charge in [-0.3, -0.25) is 4.98 Å². The number of hydrogen-bond acceptors (Lipinski definition) is 4. The molecule has 1 aromatic carbocycles. The molecule has 1 aromatic heterocycles. The Balaban J connectivity index is 1.77. The summed E-state index contributed by atoms with van der Waals surface area (Å²) in [4.78, 5) is 17.7. The number of nitrogens with one attached hydrogen (secondary N) is 1. The Morgan fingerprint density at radius 3 is 2.67 bits per heavy atom. The number of rotatable bonds is 2. The fourth-order valence-corrected chi connectivity index (χ4v) is 3.12. The highest BCUT2D eigenvalue weighted by Gasteiger charge is 2.34. The van der Waals surface area contributed by atoms with E-state index in [1.54, 1.807) is 37.8 Å². The molecule has 5 nitrogen and oxygen atoms in total. The molecule has 1 aliphatic heterocycles. The van der Waals surface area contributed by atoms with Crippen LogP contribution in [-0.4, -0.2) is 40.7 Å². The van der Waals surface area contributed by atoms with Crippen molar-refractivity contribution in [2.24, 2.45) is 0 Å². The van der Waals surface area contributed by atoms with Gasteiger partial charge in [-0.25, -0.2) is 4.79 Å². The summed E-state index contributed by atoms with van der Waals surface area (Å²) in [5.41, 5.74) is -0.845. The number of likely N-dealkylation sites (tertiary alicyclic amines) is 1. The van der Waals surface area contributed by atoms with Crippen LogP contribution in [0.5, 0.6) is 0 Å². The third-order valence-electron chi connectivity index (χ3n) is 4.28. The van der Waals surface area contributed by atoms with E-state index in [4.69, 9.17) is 4.74 Å². The fourth-order valence-electron chi connectivity index (χ4n) is 3.12. The first-order valence-electron chi connectivity index (χ1n) is 8.74. The summed E-state index contributed by atoms with van der Waals surface area (Å²) < 4.78 is 45.0. The van der Waals surface area contributed by atoms with E-state index in [0.717, 1.165) is 6.07 Å². The fraction of sp³-hybridized carbons (Fsp3) is 0.474. The van der Waals surface area contributed by atoms with E-state index in [9.17, 15) is 18.0 Å². The van der Waals surface area contributed by atoms with E-state index in [0.29, 0.717) is 30.6 Å². The van der Waals surface area contributed by atoms with Crippen LogP contribution in [0.3, 0.4) is 0 Å². The maximum Gasteiger partial charge on any atom is 0.418 e. The normalized spacial score (nSPS) is 18.0. The van der Waals surface area contributed by atoms with Gasteiger partial charge in [0.25, 0.3) is 0 Å². The zero-order valence-corrected chi connectivity index (χ0v) is 15.4. The first-order chi connectivity index (χ1) is 12.5. The predicted molar refractivity (Wildman–Crippen MR) is 96.6 cm³/mol. The summed E-state index contributed by atoms with van der Waals surface area (Å²) in [5.74, 6) is 0. The lowest BCUT2D eigenvalue weighted by atomic mass is 10.1. The molecule has 0 aliphatic carbocycles. The largest absolute Gasteiger partial charge is 0.444 e. The molecule has 1 N–H and O–H groups in total. The number of halogens is 3. The zero-order chi connectivity index (χ0) is 19.8. The van der Waals surface area contributed by atoms with Crippen molar-refractivity contribution in [2.75, 3.05) is 18.4 Å². The molecule has 0 saturated carbocycles. The molecule has 2 heterocycles. The molecule has 3 rings (SSSR count). The Labute approximate surface area is 155 Å². The Morgan fingerprint density at radius 1 is 1.26 bits per heavy atom. The number of ether oxygens (including phenoxy) is 1. The first kappa shape index (κ1) is 19.3. The standard InChI is InChI=1S/C19H22F3N3O2/c1-18(2,3)27-17(26)25-10-8-12(11-25)24-15-7-9-23-16-13(15)5-4-6-14(16)19(20,21)22/h4-7,9,12H,8,10-11H2,1-3H3,(H,23,24). The average molecular weight is 381 g/mol. The van der Waals surface area contributed by atoms with Gasteiger partial charge in [-0.2, -0.15) is 13.2 Å². The van der Waals surface area contributed by atoms with E-state index in [-0.39, 0.29) is 17.7 Å². The molecular weight excluding hydrogens is 359 g/mol. The number of pyridine rings is 1. The highest BCUT2D eigenvalue weighted by molar-refractivity contribution is 5.93. The van der Waals surface area contributed by atoms with Crippen LogP contribution >= 0.6 is 0 Å². The van der Waals surface area contributed by atoms with E-state index >= 15 is 0 Å². The van der Waals surface area contributed by atoms with Crippen molar-refractivity contribution in [3.63, 3.8) is 0 Å². The maximum absolute atomic E-state index is 13.2. The predicted octanol–water partition coefficient (Wildman–Crippen LogP) is 4.67. The molecule has 1 atom stereocenters. The minimum absolute atomic E-state index is 0.0716. The summed E-state index contributed by atoms with van der Waals surface area (Å²) in [5, 5.41) is 3.66. The smallest absolute Gasteiger partial charge is 0.418 e. The summed E-state index contributed by atoms with van der Waals surface area (Å²) in [6, 6.07) is 5.59. The summed E-state index contributed by atoms with van der Waals surface area (Å²) in [6.07, 6.45) is -2.81. The highest BCUT2D eigenvalue weighted by atomic mass is 19.4. The van der Waals surface area contributed by atoms with Crippen LogP contribution in [0.25, 0.3) is 10.9 Å². The summed E-state index contributed by atoms with van der Waals surface area (Å²) in [6.45, 7) is 6.37. The number of nitrogens with zero attached hydrogens (tertiary/aromatic N) is 2. The molecule has 2 aromatic rings. The van der Waals surface area contributed by atoms with Crippen molar-refractivity contribution in [1.82, 2.24) is 9.88 Å². The van der Waals surface area contributed by atoms with Crippen LogP contribution in [0.1, 0.15) is 32.8 Å². The Morgan fingerprint density at radius 2 is 2.00 bits per heavy atom. The van der Waals surface area contributed by atoms with Gasteiger partial charge in [0.15, 0.2) is 0 Å². The molecule has 0 spiro atoms. The minimum atomic E-state index is -4.47. The van der Waals surface area contributed by atoms with E-state index < -0.39 is 17.3 Å². The number of carbonyl (C=O) groups is 1. The SMILES string of the molecule is CC(C)(C)OC(=O)N1CCC(Nc2ccnc3c(C(F)(F)F)cccc23)C1. The maximum atomic E-state index is 13.2. The molecule has 1 aliphatic rings. The lowest BCUT2D eigenvalue weighted by Gasteiger charge is -2.24. The number of aromatic nitrogens is 1. The Kier molecular flexibility index (Phi) is 4.92. The van der Waals surface area contributed by atoms with E-state index in [1.165, 1.54) is 12.3 Å². The molecule has 1 saturated heterocycles. The third-order valence-corrected chi connectivity index (χ3v) is 4.28. The Hall–Kier alpha value is -2.51. The number of amides is 1. The third kappa shape index (κ3) is 4.43. The first-order valence-corrected chi connectivity index (χ1v) is 8.74. The van der Waals surface area contributed by atoms with Gasteiger partial charge in [0.2, 0.25) is 0 Å². The number of anilines is 1. The lowest BCUT2D eigenvalue weighted by Crippen LogP contribution is -2.36. The van der Waals surface area contributed by atoms with Crippen LogP contribution < -0.4 is 5.32 Å². The van der Waals surface area contributed by atoms with Gasteiger partial charge in [0.05, 0.1) is 11.1 Å². The Bertz CT molecular complexity index is 846. The van der Waals surface area contributed by atoms with Gasteiger partial charge in [-0.15, -0.1) is 0 Å². The van der Waals surface area contributed by atoms with Gasteiger partial charge in [0, 0.05) is 36.4 Å². The lowest BCUT2D eigenvalue weighted by molar-refractivity contribution is -0.136. The van der Waals surface area contributed by atoms with Gasteiger partial charge in [0.1, 0.15) is 5.60 Å². The number of benzene rings is 1. The monoisotopic (exact) mass is 381 g/mol. The quantitative estimate of drug-likeness (QED) is 0.821. The van der Waals surface area contributed by atoms with Crippen molar-refractivity contribution < 1.29 is 22.7 Å². The number of alkyl halides is 3. The van der Waals surface area contributed by atoms with Crippen molar-refractivity contribution >= 4 is 22.7 Å². The number of carbonyl (C=O) groups excluding carboxylic acids is 1.